The Morgan fingerprint density at radius 2 is 0.836 bits per heavy atom. The van der Waals surface area contributed by atoms with Crippen LogP contribution < -0.4 is 0 Å². The second-order valence-electron chi connectivity index (χ2n) is 12.3. The Morgan fingerprint density at radius 1 is 0.436 bits per heavy atom. The third kappa shape index (κ3) is 11.4. The molecule has 0 aliphatic heterocycles. The predicted molar refractivity (Wildman–Crippen MR) is 236 cm³/mol. The van der Waals surface area contributed by atoms with Crippen LogP contribution in [0, 0.1) is 0 Å². The summed E-state index contributed by atoms with van der Waals surface area (Å²) in [5, 5.41) is 10.9. The van der Waals surface area contributed by atoms with E-state index in [0.29, 0.717) is 11.3 Å². The van der Waals surface area contributed by atoms with E-state index in [2.05, 4.69) is 101 Å². The van der Waals surface area contributed by atoms with Crippen molar-refractivity contribution < 1.29 is 9.90 Å². The maximum Gasteiger partial charge on any atom is 0.150 e. The number of aliphatic hydroxyl groups excluding tert-OH is 1. The van der Waals surface area contributed by atoms with Gasteiger partial charge in [0, 0.05) is 25.6 Å². The van der Waals surface area contributed by atoms with Crippen LogP contribution in [0.5, 0.6) is 0 Å². The van der Waals surface area contributed by atoms with Crippen molar-refractivity contribution in [1.29, 1.82) is 0 Å². The van der Waals surface area contributed by atoms with E-state index in [1.807, 2.05) is 133 Å². The molecule has 8 rings (SSSR count). The minimum Gasteiger partial charge on any atom is -0.382 e. The highest BCUT2D eigenvalue weighted by atomic mass is 79.9. The van der Waals surface area contributed by atoms with Crippen LogP contribution in [-0.2, 0) is 0 Å². The van der Waals surface area contributed by atoms with Crippen molar-refractivity contribution >= 4 is 54.1 Å². The van der Waals surface area contributed by atoms with Crippen LogP contribution in [0.4, 0.5) is 0 Å². The summed E-state index contributed by atoms with van der Waals surface area (Å²) in [6.07, 6.45) is 0.0381. The molecular weight excluding hydrogens is 876 g/mol. The molecule has 8 aromatic rings. The van der Waals surface area contributed by atoms with E-state index in [4.69, 9.17) is 4.98 Å². The minimum atomic E-state index is -0.788. The molecule has 7 heteroatoms. The molecular formula is C48H35Br3N2O2. The van der Waals surface area contributed by atoms with E-state index < -0.39 is 6.10 Å². The Bertz CT molecular complexity index is 2300. The highest BCUT2D eigenvalue weighted by Crippen LogP contribution is 2.31. The number of carbonyl (C=O) groups is 1. The zero-order chi connectivity index (χ0) is 38.4. The zero-order valence-electron chi connectivity index (χ0n) is 29.5. The molecule has 55 heavy (non-hydrogen) atoms. The SMILES string of the molecule is Brc1cc(-c2ccccc2)cc(-c2ccccc2)n1.O=Cc1ccc(Br)cc1.OC(c1ccc(Br)cc1)c1cc(-c2ccccc2)cc(-c2ccccc2)n1. The smallest absolute Gasteiger partial charge is 0.150 e. The summed E-state index contributed by atoms with van der Waals surface area (Å²) in [6.45, 7) is 0. The molecule has 0 aliphatic carbocycles. The number of nitrogens with zero attached hydrogens (tertiary/aromatic N) is 2. The fourth-order valence-corrected chi connectivity index (χ4v) is 6.62. The van der Waals surface area contributed by atoms with E-state index in [9.17, 15) is 9.90 Å². The molecule has 0 spiro atoms. The van der Waals surface area contributed by atoms with Crippen LogP contribution in [0.1, 0.15) is 27.7 Å². The second-order valence-corrected chi connectivity index (χ2v) is 15.0. The van der Waals surface area contributed by atoms with Gasteiger partial charge >= 0.3 is 0 Å². The molecule has 0 aliphatic rings. The molecule has 2 aromatic heterocycles. The van der Waals surface area contributed by atoms with Crippen LogP contribution in [-0.4, -0.2) is 21.4 Å². The Balaban J connectivity index is 0.000000159. The van der Waals surface area contributed by atoms with Gasteiger partial charge in [-0.3, -0.25) is 4.79 Å². The van der Waals surface area contributed by atoms with Crippen molar-refractivity contribution in [3.63, 3.8) is 0 Å². The lowest BCUT2D eigenvalue weighted by molar-refractivity contribution is 0.112. The van der Waals surface area contributed by atoms with E-state index >= 15 is 0 Å². The summed E-state index contributed by atoms with van der Waals surface area (Å²) in [4.78, 5) is 19.4. The van der Waals surface area contributed by atoms with E-state index in [1.54, 1.807) is 12.1 Å². The normalized spacial score (nSPS) is 10.9. The number of aromatic nitrogens is 2. The Labute approximate surface area is 347 Å². The van der Waals surface area contributed by atoms with Crippen LogP contribution in [0.2, 0.25) is 0 Å². The molecule has 2 heterocycles. The summed E-state index contributed by atoms with van der Waals surface area (Å²) < 4.78 is 2.83. The van der Waals surface area contributed by atoms with Crippen molar-refractivity contribution in [1.82, 2.24) is 9.97 Å². The van der Waals surface area contributed by atoms with Crippen LogP contribution in [0.15, 0.2) is 208 Å². The van der Waals surface area contributed by atoms with Gasteiger partial charge in [0.2, 0.25) is 0 Å². The molecule has 4 nitrogen and oxygen atoms in total. The minimum absolute atomic E-state index is 0.637. The lowest BCUT2D eigenvalue weighted by atomic mass is 9.99. The number of carbonyl (C=O) groups excluding carboxylic acids is 1. The van der Waals surface area contributed by atoms with Crippen LogP contribution in [0.3, 0.4) is 0 Å². The maximum absolute atomic E-state index is 10.9. The molecule has 1 unspecified atom stereocenters. The molecule has 0 radical (unpaired) electrons. The molecule has 1 N–H and O–H groups in total. The van der Waals surface area contributed by atoms with Gasteiger partial charge in [0.05, 0.1) is 17.1 Å². The van der Waals surface area contributed by atoms with Gasteiger partial charge in [0.1, 0.15) is 17.0 Å². The van der Waals surface area contributed by atoms with Gasteiger partial charge in [-0.05, 0) is 92.3 Å². The largest absolute Gasteiger partial charge is 0.382 e. The van der Waals surface area contributed by atoms with Gasteiger partial charge in [-0.15, -0.1) is 0 Å². The number of benzene rings is 6. The van der Waals surface area contributed by atoms with Gasteiger partial charge < -0.3 is 5.11 Å². The average molecular weight is 912 g/mol. The number of aliphatic hydroxyl groups is 1. The topological polar surface area (TPSA) is 63.1 Å². The first kappa shape index (κ1) is 39.4. The highest BCUT2D eigenvalue weighted by molar-refractivity contribution is 9.11. The van der Waals surface area contributed by atoms with Crippen molar-refractivity contribution in [2.45, 2.75) is 6.10 Å². The second kappa shape index (κ2) is 19.9. The lowest BCUT2D eigenvalue weighted by Crippen LogP contribution is -2.04. The molecule has 0 saturated carbocycles. The molecule has 0 amide bonds. The van der Waals surface area contributed by atoms with Gasteiger partial charge in [0.25, 0.3) is 0 Å². The fraction of sp³-hybridized carbons (Fsp3) is 0.0208. The van der Waals surface area contributed by atoms with E-state index in [0.717, 1.165) is 59.0 Å². The number of rotatable bonds is 7. The van der Waals surface area contributed by atoms with Crippen LogP contribution in [0.25, 0.3) is 44.8 Å². The molecule has 1 atom stereocenters. The number of aldehydes is 1. The summed E-state index contributed by atoms with van der Waals surface area (Å²) in [7, 11) is 0. The first-order valence-electron chi connectivity index (χ1n) is 17.4. The number of hydrogen-bond acceptors (Lipinski definition) is 4. The van der Waals surface area contributed by atoms with E-state index in [-0.39, 0.29) is 0 Å². The Hall–Kier alpha value is -5.31. The Kier molecular flexibility index (Phi) is 14.2. The quantitative estimate of drug-likeness (QED) is 0.128. The standard InChI is InChI=1S/C24H18BrNO.C17H12BrN.C7H5BrO/c25-21-13-11-19(12-14-21)24(27)23-16-20(17-7-3-1-4-8-17)15-22(26-23)18-9-5-2-6-10-18;18-17-12-15(13-7-3-1-4-8-13)11-16(19-17)14-9-5-2-6-10-14;8-7-3-1-6(5-9)2-4-7/h1-16,24,27H;1-12H;1-5H. The molecule has 0 fully saturated rings. The molecule has 6 aromatic carbocycles. The predicted octanol–water partition coefficient (Wildman–Crippen LogP) is 13.7. The first-order chi connectivity index (χ1) is 26.9. The summed E-state index contributed by atoms with van der Waals surface area (Å²) in [5.41, 5.74) is 10.6. The lowest BCUT2D eigenvalue weighted by Gasteiger charge is -2.15. The third-order valence-corrected chi connectivity index (χ3v) is 9.93. The van der Waals surface area contributed by atoms with Crippen molar-refractivity contribution in [3.8, 4) is 44.8 Å². The van der Waals surface area contributed by atoms with Crippen molar-refractivity contribution in [2.24, 2.45) is 0 Å². The zero-order valence-corrected chi connectivity index (χ0v) is 34.3. The molecule has 0 bridgehead atoms. The molecule has 0 saturated heterocycles. The summed E-state index contributed by atoms with van der Waals surface area (Å²) in [6, 6.07) is 63.9. The number of hydrogen-bond donors (Lipinski definition) is 1. The van der Waals surface area contributed by atoms with E-state index in [1.165, 1.54) is 11.1 Å². The maximum atomic E-state index is 10.9. The number of halogens is 3. The average Bonchev–Trinajstić information content (AvgIpc) is 3.25. The Morgan fingerprint density at radius 3 is 1.29 bits per heavy atom. The highest BCUT2D eigenvalue weighted by Gasteiger charge is 2.16. The number of pyridine rings is 2. The molecule has 270 valence electrons. The van der Waals surface area contributed by atoms with Gasteiger partial charge in [0.15, 0.2) is 0 Å². The van der Waals surface area contributed by atoms with Gasteiger partial charge in [-0.2, -0.15) is 0 Å². The third-order valence-electron chi connectivity index (χ3n) is 8.46. The fourth-order valence-electron chi connectivity index (χ4n) is 5.65. The first-order valence-corrected chi connectivity index (χ1v) is 19.8. The van der Waals surface area contributed by atoms with Crippen molar-refractivity contribution in [2.75, 3.05) is 0 Å². The van der Waals surface area contributed by atoms with Crippen LogP contribution >= 0.6 is 47.8 Å². The van der Waals surface area contributed by atoms with Gasteiger partial charge in [-0.1, -0.05) is 177 Å². The summed E-state index contributed by atoms with van der Waals surface area (Å²) >= 11 is 10.2. The summed E-state index contributed by atoms with van der Waals surface area (Å²) in [5.74, 6) is 0. The monoisotopic (exact) mass is 908 g/mol. The van der Waals surface area contributed by atoms with Gasteiger partial charge in [-0.25, -0.2) is 9.97 Å². The van der Waals surface area contributed by atoms with Crippen molar-refractivity contribution in [3.05, 3.63) is 224 Å².